The first-order valence-corrected chi connectivity index (χ1v) is 13.9. The van der Waals surface area contributed by atoms with E-state index in [0.29, 0.717) is 31.5 Å². The molecule has 2 atom stereocenters. The summed E-state index contributed by atoms with van der Waals surface area (Å²) in [5.41, 5.74) is -4.20. The zero-order valence-corrected chi connectivity index (χ0v) is 23.7. The van der Waals surface area contributed by atoms with Crippen LogP contribution in [0.1, 0.15) is 67.7 Å². The van der Waals surface area contributed by atoms with Gasteiger partial charge < -0.3 is 9.80 Å². The summed E-state index contributed by atoms with van der Waals surface area (Å²) in [6.45, 7) is 3.17. The molecule has 2 aromatic rings. The van der Waals surface area contributed by atoms with Crippen molar-refractivity contribution >= 4 is 11.8 Å². The third kappa shape index (κ3) is 6.45. The molecular weight excluding hydrogens is 558 g/mol. The van der Waals surface area contributed by atoms with Crippen molar-refractivity contribution in [1.82, 2.24) is 9.80 Å². The number of alkyl halides is 6. The van der Waals surface area contributed by atoms with Crippen LogP contribution in [0.3, 0.4) is 0 Å². The minimum absolute atomic E-state index is 0.0262. The van der Waals surface area contributed by atoms with Crippen LogP contribution >= 0.6 is 0 Å². The molecule has 1 saturated carbocycles. The van der Waals surface area contributed by atoms with Gasteiger partial charge in [0.25, 0.3) is 0 Å². The number of likely N-dealkylation sites (tertiary alicyclic amines) is 1. The zero-order chi connectivity index (χ0) is 31.0. The van der Waals surface area contributed by atoms with Crippen LogP contribution in [0.25, 0.3) is 0 Å². The number of halogens is 6. The van der Waals surface area contributed by atoms with Crippen LogP contribution < -0.4 is 0 Å². The van der Waals surface area contributed by atoms with E-state index in [1.807, 2.05) is 30.3 Å². The number of hydrogen-bond acceptors (Lipinski definition) is 2. The largest absolute Gasteiger partial charge is 0.416 e. The number of terminal acetylenes is 1. The molecule has 1 aliphatic heterocycles. The molecule has 0 unspecified atom stereocenters. The fourth-order valence-electron chi connectivity index (χ4n) is 6.18. The molecule has 1 aliphatic carbocycles. The van der Waals surface area contributed by atoms with Gasteiger partial charge in [-0.25, -0.2) is 0 Å². The number of nitrogens with zero attached hydrogens (tertiary/aromatic N) is 2. The highest BCUT2D eigenvalue weighted by molar-refractivity contribution is 5.88. The van der Waals surface area contributed by atoms with E-state index in [-0.39, 0.29) is 36.3 Å². The summed E-state index contributed by atoms with van der Waals surface area (Å²) >= 11 is 0. The predicted octanol–water partition coefficient (Wildman–Crippen LogP) is 6.89. The Bertz CT molecular complexity index is 1310. The minimum Gasteiger partial charge on any atom is -0.340 e. The first-order valence-electron chi connectivity index (χ1n) is 13.9. The van der Waals surface area contributed by atoms with E-state index in [0.717, 1.165) is 18.4 Å². The minimum atomic E-state index is -5.04. The molecule has 0 spiro atoms. The Morgan fingerprint density at radius 3 is 1.88 bits per heavy atom. The van der Waals surface area contributed by atoms with Gasteiger partial charge in [-0.2, -0.15) is 26.3 Å². The van der Waals surface area contributed by atoms with Crippen molar-refractivity contribution in [2.75, 3.05) is 20.1 Å². The lowest BCUT2D eigenvalue weighted by atomic mass is 9.80. The molecule has 2 amide bonds. The van der Waals surface area contributed by atoms with E-state index in [1.165, 1.54) is 25.8 Å². The fourth-order valence-corrected chi connectivity index (χ4v) is 6.18. The molecule has 0 bridgehead atoms. The van der Waals surface area contributed by atoms with Crippen molar-refractivity contribution in [3.63, 3.8) is 0 Å². The van der Waals surface area contributed by atoms with Gasteiger partial charge in [-0.15, -0.1) is 12.3 Å². The molecule has 1 heterocycles. The number of likely N-dealkylation sites (N-methyl/N-ethyl adjacent to an activating group) is 1. The molecular formula is C32H34F6N2O2. The molecule has 0 radical (unpaired) electrons. The second-order valence-corrected chi connectivity index (χ2v) is 11.9. The number of amides is 2. The van der Waals surface area contributed by atoms with Crippen LogP contribution in [0.4, 0.5) is 26.3 Å². The summed E-state index contributed by atoms with van der Waals surface area (Å²) in [5.74, 6) is 1.74. The number of carbonyl (C=O) groups is 2. The first-order chi connectivity index (χ1) is 19.5. The van der Waals surface area contributed by atoms with Crippen molar-refractivity contribution in [1.29, 1.82) is 0 Å². The van der Waals surface area contributed by atoms with E-state index in [4.69, 9.17) is 6.42 Å². The van der Waals surface area contributed by atoms with E-state index in [9.17, 15) is 35.9 Å². The second-order valence-electron chi connectivity index (χ2n) is 11.9. The third-order valence-corrected chi connectivity index (χ3v) is 8.80. The van der Waals surface area contributed by atoms with Crippen molar-refractivity contribution in [3.05, 3.63) is 70.8 Å². The number of rotatable bonds is 5. The van der Waals surface area contributed by atoms with Gasteiger partial charge in [0.05, 0.1) is 22.6 Å². The van der Waals surface area contributed by atoms with Crippen molar-refractivity contribution in [2.45, 2.75) is 69.3 Å². The van der Waals surface area contributed by atoms with Crippen LogP contribution in [-0.4, -0.2) is 47.8 Å². The smallest absolute Gasteiger partial charge is 0.340 e. The van der Waals surface area contributed by atoms with E-state index < -0.39 is 46.4 Å². The lowest BCUT2D eigenvalue weighted by Crippen LogP contribution is -2.49. The van der Waals surface area contributed by atoms with Gasteiger partial charge in [-0.1, -0.05) is 30.3 Å². The summed E-state index contributed by atoms with van der Waals surface area (Å²) in [6, 6.07) is 10.00. The van der Waals surface area contributed by atoms with Crippen molar-refractivity contribution in [2.24, 2.45) is 11.8 Å². The lowest BCUT2D eigenvalue weighted by molar-refractivity contribution is -0.144. The Kier molecular flexibility index (Phi) is 8.73. The molecule has 1 saturated heterocycles. The average Bonchev–Trinajstić information content (AvgIpc) is 3.41. The van der Waals surface area contributed by atoms with Gasteiger partial charge in [-0.3, -0.25) is 9.59 Å². The Balaban J connectivity index is 1.65. The summed E-state index contributed by atoms with van der Waals surface area (Å²) in [4.78, 5) is 30.6. The van der Waals surface area contributed by atoms with E-state index in [1.54, 1.807) is 4.90 Å². The molecule has 2 fully saturated rings. The molecule has 2 aromatic carbocycles. The summed E-state index contributed by atoms with van der Waals surface area (Å²) in [6.07, 6.45) is -1.66. The maximum absolute atomic E-state index is 13.9. The van der Waals surface area contributed by atoms with Gasteiger partial charge in [-0.05, 0) is 68.9 Å². The molecule has 2 aliphatic rings. The van der Waals surface area contributed by atoms with Gasteiger partial charge in [0.2, 0.25) is 11.8 Å². The topological polar surface area (TPSA) is 40.6 Å². The highest BCUT2D eigenvalue weighted by Gasteiger charge is 2.46. The third-order valence-electron chi connectivity index (χ3n) is 8.80. The molecule has 42 heavy (non-hydrogen) atoms. The van der Waals surface area contributed by atoms with E-state index in [2.05, 4.69) is 5.92 Å². The molecule has 4 rings (SSSR count). The predicted molar refractivity (Wildman–Crippen MR) is 146 cm³/mol. The Hall–Kier alpha value is -3.48. The quantitative estimate of drug-likeness (QED) is 0.280. The monoisotopic (exact) mass is 592 g/mol. The Morgan fingerprint density at radius 2 is 1.38 bits per heavy atom. The van der Waals surface area contributed by atoms with Crippen molar-refractivity contribution < 1.29 is 35.9 Å². The molecule has 0 N–H and O–H groups in total. The Morgan fingerprint density at radius 1 is 0.857 bits per heavy atom. The van der Waals surface area contributed by atoms with Gasteiger partial charge in [0.15, 0.2) is 0 Å². The van der Waals surface area contributed by atoms with Crippen LogP contribution in [0.2, 0.25) is 0 Å². The summed E-state index contributed by atoms with van der Waals surface area (Å²) in [5, 5.41) is 0. The number of carbonyl (C=O) groups excluding carboxylic acids is 2. The first kappa shape index (κ1) is 31.5. The van der Waals surface area contributed by atoms with Gasteiger partial charge in [0.1, 0.15) is 0 Å². The molecule has 0 aromatic heterocycles. The normalized spacial score (nSPS) is 23.4. The Labute approximate surface area is 242 Å². The van der Waals surface area contributed by atoms with Crippen LogP contribution in [0, 0.1) is 24.2 Å². The van der Waals surface area contributed by atoms with E-state index >= 15 is 0 Å². The highest BCUT2D eigenvalue weighted by Crippen LogP contribution is 2.41. The molecule has 226 valence electrons. The second kappa shape index (κ2) is 11.7. The maximum atomic E-state index is 13.9. The number of hydrogen-bond donors (Lipinski definition) is 0. The average molecular weight is 593 g/mol. The van der Waals surface area contributed by atoms with Crippen LogP contribution in [0.15, 0.2) is 48.5 Å². The summed E-state index contributed by atoms with van der Waals surface area (Å²) < 4.78 is 81.4. The van der Waals surface area contributed by atoms with Gasteiger partial charge >= 0.3 is 12.4 Å². The van der Waals surface area contributed by atoms with Crippen molar-refractivity contribution in [3.8, 4) is 12.3 Å². The number of benzene rings is 2. The molecule has 10 heteroatoms. The molecule has 4 nitrogen and oxygen atoms in total. The SMILES string of the molecule is C#C[C@H]1CC[C@H](C(=O)N2C[C@@H](N(C)C(=O)C(C)(C)c3cc(C(F)(F)F)cc(C(F)(F)F)c3)[C@H](c3ccccc3)C2)CC1. The van der Waals surface area contributed by atoms with Crippen LogP contribution in [0.5, 0.6) is 0 Å². The summed E-state index contributed by atoms with van der Waals surface area (Å²) in [7, 11) is 1.50. The zero-order valence-electron chi connectivity index (χ0n) is 23.7. The lowest BCUT2D eigenvalue weighted by Gasteiger charge is -2.36. The fraction of sp³-hybridized carbons (Fsp3) is 0.500. The highest BCUT2D eigenvalue weighted by atomic mass is 19.4. The standard InChI is InChI=1S/C32H34F6N2O2/c1-5-20-11-13-22(14-12-20)28(41)40-18-26(21-9-7-6-8-10-21)27(19-40)39(4)29(42)30(2,3)23-15-24(31(33,34)35)17-25(16-23)32(36,37)38/h1,6-10,15-17,20,22,26-27H,11-14,18-19H2,2-4H3/t20-,22-,26-,27+/m0/s1. The van der Waals surface area contributed by atoms with Gasteiger partial charge in [0, 0.05) is 37.9 Å². The maximum Gasteiger partial charge on any atom is 0.416 e. The van der Waals surface area contributed by atoms with Crippen LogP contribution in [-0.2, 0) is 27.4 Å².